The molecule has 2 N–H and O–H groups in total. The maximum Gasteiger partial charge on any atom is 0.276 e. The summed E-state index contributed by atoms with van der Waals surface area (Å²) in [5, 5.41) is 0.531. The summed E-state index contributed by atoms with van der Waals surface area (Å²) >= 11 is 5.98. The number of hydrogen-bond acceptors (Lipinski definition) is 4. The molecule has 7 heteroatoms. The van der Waals surface area contributed by atoms with Crippen molar-refractivity contribution in [3.8, 4) is 11.5 Å². The number of rotatable bonds is 6. The molecule has 0 aromatic heterocycles. The van der Waals surface area contributed by atoms with Gasteiger partial charge in [-0.1, -0.05) is 29.8 Å². The molecule has 0 unspecified atom stereocenters. The summed E-state index contributed by atoms with van der Waals surface area (Å²) < 4.78 is 10.3. The second-order valence-corrected chi connectivity index (χ2v) is 5.26. The van der Waals surface area contributed by atoms with Gasteiger partial charge >= 0.3 is 0 Å². The summed E-state index contributed by atoms with van der Waals surface area (Å²) in [6.45, 7) is -0.235. The van der Waals surface area contributed by atoms with Crippen LogP contribution in [0.1, 0.15) is 5.56 Å². The molecule has 0 radical (unpaired) electrons. The molecule has 0 aliphatic rings. The summed E-state index contributed by atoms with van der Waals surface area (Å²) in [7, 11) is 1.56. The van der Waals surface area contributed by atoms with Gasteiger partial charge in [-0.15, -0.1) is 0 Å². The lowest BCUT2D eigenvalue weighted by Gasteiger charge is -2.08. The van der Waals surface area contributed by atoms with Gasteiger partial charge in [0.2, 0.25) is 0 Å². The summed E-state index contributed by atoms with van der Waals surface area (Å²) in [5.74, 6) is 0.225. The van der Waals surface area contributed by atoms with Gasteiger partial charge in [-0.3, -0.25) is 20.4 Å². The molecule has 0 bridgehead atoms. The lowest BCUT2D eigenvalue weighted by atomic mass is 10.2. The fraction of sp³-hybridized carbons (Fsp3) is 0.111. The fourth-order valence-corrected chi connectivity index (χ4v) is 2.00. The Morgan fingerprint density at radius 3 is 2.40 bits per heavy atom. The molecular weight excluding hydrogens is 344 g/mol. The SMILES string of the molecule is COc1ccc(OCC(=O)NNC(=O)C=Cc2ccccc2Cl)cc1. The third-order valence-corrected chi connectivity index (χ3v) is 3.42. The Morgan fingerprint density at radius 1 is 1.04 bits per heavy atom. The van der Waals surface area contributed by atoms with Crippen LogP contribution in [0.3, 0.4) is 0 Å². The highest BCUT2D eigenvalue weighted by atomic mass is 35.5. The average molecular weight is 361 g/mol. The van der Waals surface area contributed by atoms with Crippen LogP contribution in [0, 0.1) is 0 Å². The molecular formula is C18H17ClN2O4. The number of carbonyl (C=O) groups excluding carboxylic acids is 2. The zero-order valence-corrected chi connectivity index (χ0v) is 14.2. The number of benzene rings is 2. The van der Waals surface area contributed by atoms with Gasteiger partial charge in [-0.25, -0.2) is 0 Å². The van der Waals surface area contributed by atoms with Crippen molar-refractivity contribution in [1.82, 2.24) is 10.9 Å². The molecule has 130 valence electrons. The topological polar surface area (TPSA) is 76.7 Å². The number of methoxy groups -OCH3 is 1. The van der Waals surface area contributed by atoms with E-state index < -0.39 is 11.8 Å². The van der Waals surface area contributed by atoms with Gasteiger partial charge in [0.05, 0.1) is 7.11 Å². The molecule has 2 aromatic rings. The predicted molar refractivity (Wildman–Crippen MR) is 95.3 cm³/mol. The Bertz CT molecular complexity index is 760. The number of nitrogens with one attached hydrogen (secondary N) is 2. The van der Waals surface area contributed by atoms with E-state index in [9.17, 15) is 9.59 Å². The number of halogens is 1. The Morgan fingerprint density at radius 2 is 1.72 bits per heavy atom. The van der Waals surface area contributed by atoms with E-state index in [0.717, 1.165) is 0 Å². The lowest BCUT2D eigenvalue weighted by Crippen LogP contribution is -2.43. The van der Waals surface area contributed by atoms with E-state index in [0.29, 0.717) is 22.1 Å². The van der Waals surface area contributed by atoms with Crippen molar-refractivity contribution in [2.45, 2.75) is 0 Å². The zero-order valence-electron chi connectivity index (χ0n) is 13.5. The summed E-state index contributed by atoms with van der Waals surface area (Å²) in [4.78, 5) is 23.3. The summed E-state index contributed by atoms with van der Waals surface area (Å²) in [6.07, 6.45) is 2.82. The van der Waals surface area contributed by atoms with E-state index in [2.05, 4.69) is 10.9 Å². The van der Waals surface area contributed by atoms with Crippen LogP contribution in [0.15, 0.2) is 54.6 Å². The molecule has 2 aromatic carbocycles. The molecule has 25 heavy (non-hydrogen) atoms. The van der Waals surface area contributed by atoms with Crippen LogP contribution in [0.5, 0.6) is 11.5 Å². The third-order valence-electron chi connectivity index (χ3n) is 3.07. The van der Waals surface area contributed by atoms with Crippen molar-refractivity contribution >= 4 is 29.5 Å². The standard InChI is InChI=1S/C18H17ClN2O4/c1-24-14-7-9-15(10-8-14)25-12-18(23)21-20-17(22)11-6-13-4-2-3-5-16(13)19/h2-11H,12H2,1H3,(H,20,22)(H,21,23). The molecule has 0 saturated carbocycles. The van der Waals surface area contributed by atoms with Crippen LogP contribution >= 0.6 is 11.6 Å². The van der Waals surface area contributed by atoms with Gasteiger partial charge in [0.15, 0.2) is 6.61 Å². The minimum atomic E-state index is -0.490. The number of amides is 2. The third kappa shape index (κ3) is 6.19. The first-order valence-corrected chi connectivity index (χ1v) is 7.74. The molecule has 0 saturated heterocycles. The predicted octanol–water partition coefficient (Wildman–Crippen LogP) is 2.59. The van der Waals surface area contributed by atoms with Crippen LogP contribution < -0.4 is 20.3 Å². The van der Waals surface area contributed by atoms with Crippen LogP contribution in [0.4, 0.5) is 0 Å². The molecule has 2 amide bonds. The van der Waals surface area contributed by atoms with Gasteiger partial charge in [-0.05, 0) is 42.0 Å². The first-order chi connectivity index (χ1) is 12.1. The van der Waals surface area contributed by atoms with Crippen molar-refractivity contribution < 1.29 is 19.1 Å². The highest BCUT2D eigenvalue weighted by Gasteiger charge is 2.04. The Balaban J connectivity index is 1.73. The minimum absolute atomic E-state index is 0.235. The second kappa shape index (κ2) is 9.34. The Labute approximate surface area is 150 Å². The van der Waals surface area contributed by atoms with Crippen molar-refractivity contribution in [1.29, 1.82) is 0 Å². The molecule has 6 nitrogen and oxygen atoms in total. The molecule has 0 fully saturated rings. The smallest absolute Gasteiger partial charge is 0.276 e. The average Bonchev–Trinajstić information content (AvgIpc) is 2.64. The lowest BCUT2D eigenvalue weighted by molar-refractivity contribution is -0.128. The van der Waals surface area contributed by atoms with Gasteiger partial charge in [0, 0.05) is 11.1 Å². The van der Waals surface area contributed by atoms with Gasteiger partial charge in [-0.2, -0.15) is 0 Å². The van der Waals surface area contributed by atoms with Gasteiger partial charge in [0.25, 0.3) is 11.8 Å². The first-order valence-electron chi connectivity index (χ1n) is 7.37. The van der Waals surface area contributed by atoms with Crippen LogP contribution in [-0.2, 0) is 9.59 Å². The number of hydrogen-bond donors (Lipinski definition) is 2. The Kier molecular flexibility index (Phi) is 6.86. The van der Waals surface area contributed by atoms with Crippen molar-refractivity contribution in [3.05, 3.63) is 65.2 Å². The molecule has 0 aliphatic carbocycles. The number of carbonyl (C=O) groups is 2. The van der Waals surface area contributed by atoms with Gasteiger partial charge in [0.1, 0.15) is 11.5 Å². The van der Waals surface area contributed by atoms with E-state index in [1.54, 1.807) is 55.7 Å². The maximum absolute atomic E-state index is 11.7. The van der Waals surface area contributed by atoms with Crippen molar-refractivity contribution in [2.75, 3.05) is 13.7 Å². The van der Waals surface area contributed by atoms with Crippen LogP contribution in [-0.4, -0.2) is 25.5 Å². The van der Waals surface area contributed by atoms with E-state index in [1.807, 2.05) is 6.07 Å². The molecule has 0 spiro atoms. The molecule has 0 atom stereocenters. The highest BCUT2D eigenvalue weighted by molar-refractivity contribution is 6.32. The van der Waals surface area contributed by atoms with Crippen molar-refractivity contribution in [2.24, 2.45) is 0 Å². The first kappa shape index (κ1) is 18.4. The quantitative estimate of drug-likeness (QED) is 0.613. The van der Waals surface area contributed by atoms with Gasteiger partial charge < -0.3 is 9.47 Å². The van der Waals surface area contributed by atoms with E-state index >= 15 is 0 Å². The van der Waals surface area contributed by atoms with E-state index in [-0.39, 0.29) is 6.61 Å². The normalized spacial score (nSPS) is 10.3. The summed E-state index contributed by atoms with van der Waals surface area (Å²) in [5.41, 5.74) is 5.21. The minimum Gasteiger partial charge on any atom is -0.497 e. The van der Waals surface area contributed by atoms with E-state index in [4.69, 9.17) is 21.1 Å². The molecule has 2 rings (SSSR count). The monoisotopic (exact) mass is 360 g/mol. The zero-order chi connectivity index (χ0) is 18.1. The second-order valence-electron chi connectivity index (χ2n) is 4.86. The summed E-state index contributed by atoms with van der Waals surface area (Å²) in [6, 6.07) is 13.9. The maximum atomic E-state index is 11.7. The van der Waals surface area contributed by atoms with Crippen LogP contribution in [0.25, 0.3) is 6.08 Å². The number of ether oxygens (including phenoxy) is 2. The largest absolute Gasteiger partial charge is 0.497 e. The highest BCUT2D eigenvalue weighted by Crippen LogP contribution is 2.17. The van der Waals surface area contributed by atoms with Crippen LogP contribution in [0.2, 0.25) is 5.02 Å². The molecule has 0 aliphatic heterocycles. The molecule has 0 heterocycles. The fourth-order valence-electron chi connectivity index (χ4n) is 1.81. The van der Waals surface area contributed by atoms with E-state index in [1.165, 1.54) is 6.08 Å². The number of hydrazine groups is 1. The van der Waals surface area contributed by atoms with Crippen molar-refractivity contribution in [3.63, 3.8) is 0 Å². The Hall–Kier alpha value is -2.99.